The van der Waals surface area contributed by atoms with E-state index in [-0.39, 0.29) is 5.41 Å². The van der Waals surface area contributed by atoms with Crippen molar-refractivity contribution in [1.82, 2.24) is 20.4 Å². The normalized spacial score (nSPS) is 11.6. The van der Waals surface area contributed by atoms with Crippen molar-refractivity contribution in [3.05, 3.63) is 84.4 Å². The zero-order valence-electron chi connectivity index (χ0n) is 18.1. The molecule has 3 aromatic carbocycles. The second kappa shape index (κ2) is 7.89. The van der Waals surface area contributed by atoms with Crippen LogP contribution in [0.3, 0.4) is 0 Å². The Kier molecular flexibility index (Phi) is 4.90. The summed E-state index contributed by atoms with van der Waals surface area (Å²) in [6, 6.07) is 25.5. The van der Waals surface area contributed by atoms with Crippen LogP contribution in [0.5, 0.6) is 0 Å². The molecule has 0 saturated carbocycles. The lowest BCUT2D eigenvalue weighted by molar-refractivity contribution is 0.581. The Balaban J connectivity index is 1.41. The highest BCUT2D eigenvalue weighted by Crippen LogP contribution is 2.30. The average molecular weight is 422 g/mol. The highest BCUT2D eigenvalue weighted by molar-refractivity contribution is 5.66. The topological polar surface area (TPSA) is 77.8 Å². The maximum atomic E-state index is 5.96. The first kappa shape index (κ1) is 19.9. The number of rotatable bonds is 4. The quantitative estimate of drug-likeness (QED) is 0.333. The van der Waals surface area contributed by atoms with Crippen LogP contribution < -0.4 is 0 Å². The van der Waals surface area contributed by atoms with Crippen LogP contribution in [-0.2, 0) is 5.41 Å². The van der Waals surface area contributed by atoms with Gasteiger partial charge in [0.15, 0.2) is 0 Å². The van der Waals surface area contributed by atoms with Gasteiger partial charge < -0.3 is 8.83 Å². The van der Waals surface area contributed by atoms with Gasteiger partial charge in [0, 0.05) is 22.3 Å². The van der Waals surface area contributed by atoms with Gasteiger partial charge in [-0.3, -0.25) is 0 Å². The fourth-order valence-electron chi connectivity index (χ4n) is 3.39. The molecular weight excluding hydrogens is 400 g/mol. The van der Waals surface area contributed by atoms with Gasteiger partial charge in [-0.15, -0.1) is 20.4 Å². The molecule has 0 fully saturated rings. The summed E-state index contributed by atoms with van der Waals surface area (Å²) in [4.78, 5) is 0. The molecule has 0 aliphatic heterocycles. The molecule has 0 aliphatic rings. The van der Waals surface area contributed by atoms with Gasteiger partial charge in [-0.1, -0.05) is 57.2 Å². The Morgan fingerprint density at radius 3 is 1.44 bits per heavy atom. The van der Waals surface area contributed by atoms with E-state index in [1.165, 1.54) is 5.56 Å². The number of aromatic nitrogens is 4. The minimum absolute atomic E-state index is 0.0914. The van der Waals surface area contributed by atoms with Crippen LogP contribution in [0.25, 0.3) is 45.8 Å². The molecule has 0 amide bonds. The third-order valence-electron chi connectivity index (χ3n) is 5.23. The predicted molar refractivity (Wildman–Crippen MR) is 123 cm³/mol. The Labute approximate surface area is 186 Å². The van der Waals surface area contributed by atoms with Gasteiger partial charge in [-0.25, -0.2) is 0 Å². The maximum Gasteiger partial charge on any atom is 0.248 e. The summed E-state index contributed by atoms with van der Waals surface area (Å²) in [7, 11) is 0. The molecule has 5 rings (SSSR count). The number of nitrogens with zero attached hydrogens (tertiary/aromatic N) is 4. The first-order valence-corrected chi connectivity index (χ1v) is 10.4. The van der Waals surface area contributed by atoms with Crippen molar-refractivity contribution in [2.75, 3.05) is 0 Å². The van der Waals surface area contributed by atoms with Crippen molar-refractivity contribution in [3.63, 3.8) is 0 Å². The van der Waals surface area contributed by atoms with Crippen molar-refractivity contribution < 1.29 is 8.83 Å². The summed E-state index contributed by atoms with van der Waals surface area (Å²) in [5.41, 5.74) is 4.68. The number of hydrogen-bond donors (Lipinski definition) is 0. The zero-order valence-corrected chi connectivity index (χ0v) is 18.1. The van der Waals surface area contributed by atoms with Crippen molar-refractivity contribution >= 4 is 0 Å². The molecular formula is C26H22N4O2. The molecule has 0 bridgehead atoms. The second-order valence-corrected chi connectivity index (χ2v) is 8.60. The minimum Gasteiger partial charge on any atom is -0.416 e. The van der Waals surface area contributed by atoms with Crippen LogP contribution in [0.2, 0.25) is 0 Å². The molecule has 2 heterocycles. The second-order valence-electron chi connectivity index (χ2n) is 8.60. The highest BCUT2D eigenvalue weighted by Gasteiger charge is 2.16. The summed E-state index contributed by atoms with van der Waals surface area (Å²) >= 11 is 0. The molecule has 0 saturated heterocycles. The predicted octanol–water partition coefficient (Wildman–Crippen LogP) is 6.42. The molecule has 0 N–H and O–H groups in total. The van der Waals surface area contributed by atoms with Crippen molar-refractivity contribution in [2.45, 2.75) is 26.2 Å². The molecule has 6 heteroatoms. The molecule has 5 aromatic rings. The largest absolute Gasteiger partial charge is 0.416 e. The Morgan fingerprint density at radius 1 is 0.500 bits per heavy atom. The van der Waals surface area contributed by atoms with Gasteiger partial charge in [0.1, 0.15) is 0 Å². The first-order valence-electron chi connectivity index (χ1n) is 10.4. The summed E-state index contributed by atoms with van der Waals surface area (Å²) < 4.78 is 11.8. The van der Waals surface area contributed by atoms with Crippen LogP contribution in [-0.4, -0.2) is 20.4 Å². The average Bonchev–Trinajstić information content (AvgIpc) is 3.50. The van der Waals surface area contributed by atoms with Crippen LogP contribution >= 0.6 is 0 Å². The van der Waals surface area contributed by atoms with Crippen LogP contribution in [0.4, 0.5) is 0 Å². The zero-order chi connectivity index (χ0) is 22.1. The SMILES string of the molecule is CC(C)(C)c1ccc(-c2nnc(-c3cccc(-c4nnc(-c5ccccc5)o4)c3)o2)cc1. The fraction of sp³-hybridized carbons (Fsp3) is 0.154. The van der Waals surface area contributed by atoms with E-state index in [1.807, 2.05) is 66.7 Å². The molecule has 0 aliphatic carbocycles. The third-order valence-corrected chi connectivity index (χ3v) is 5.23. The van der Waals surface area contributed by atoms with E-state index in [0.717, 1.165) is 22.3 Å². The van der Waals surface area contributed by atoms with Crippen LogP contribution in [0, 0.1) is 0 Å². The minimum atomic E-state index is 0.0914. The molecule has 0 atom stereocenters. The lowest BCUT2D eigenvalue weighted by Gasteiger charge is -2.18. The summed E-state index contributed by atoms with van der Waals surface area (Å²) in [6.45, 7) is 6.56. The maximum absolute atomic E-state index is 5.96. The molecule has 6 nitrogen and oxygen atoms in total. The van der Waals surface area contributed by atoms with Gasteiger partial charge in [0.25, 0.3) is 0 Å². The lowest BCUT2D eigenvalue weighted by Crippen LogP contribution is -2.10. The van der Waals surface area contributed by atoms with E-state index >= 15 is 0 Å². The van der Waals surface area contributed by atoms with Crippen LogP contribution in [0.1, 0.15) is 26.3 Å². The van der Waals surface area contributed by atoms with E-state index in [9.17, 15) is 0 Å². The highest BCUT2D eigenvalue weighted by atomic mass is 16.4. The van der Waals surface area contributed by atoms with E-state index in [2.05, 4.69) is 53.3 Å². The lowest BCUT2D eigenvalue weighted by atomic mass is 9.87. The number of hydrogen-bond acceptors (Lipinski definition) is 6. The third kappa shape index (κ3) is 3.95. The molecule has 0 unspecified atom stereocenters. The van der Waals surface area contributed by atoms with E-state index in [1.54, 1.807) is 0 Å². The van der Waals surface area contributed by atoms with E-state index < -0.39 is 0 Å². The first-order chi connectivity index (χ1) is 15.5. The summed E-state index contributed by atoms with van der Waals surface area (Å²) in [6.07, 6.45) is 0. The summed E-state index contributed by atoms with van der Waals surface area (Å²) in [5, 5.41) is 16.8. The van der Waals surface area contributed by atoms with Crippen molar-refractivity contribution in [3.8, 4) is 45.8 Å². The van der Waals surface area contributed by atoms with Gasteiger partial charge >= 0.3 is 0 Å². The number of benzene rings is 3. The molecule has 0 spiro atoms. The van der Waals surface area contributed by atoms with Gasteiger partial charge in [0.2, 0.25) is 23.6 Å². The monoisotopic (exact) mass is 422 g/mol. The van der Waals surface area contributed by atoms with E-state index in [0.29, 0.717) is 23.6 Å². The van der Waals surface area contributed by atoms with Gasteiger partial charge in [-0.2, -0.15) is 0 Å². The summed E-state index contributed by atoms with van der Waals surface area (Å²) in [5.74, 6) is 1.83. The smallest absolute Gasteiger partial charge is 0.248 e. The molecule has 158 valence electrons. The fourth-order valence-corrected chi connectivity index (χ4v) is 3.39. The van der Waals surface area contributed by atoms with E-state index in [4.69, 9.17) is 8.83 Å². The van der Waals surface area contributed by atoms with Gasteiger partial charge in [-0.05, 0) is 53.4 Å². The van der Waals surface area contributed by atoms with Gasteiger partial charge in [0.05, 0.1) is 0 Å². The Hall–Kier alpha value is -4.06. The molecule has 32 heavy (non-hydrogen) atoms. The Bertz CT molecular complexity index is 1350. The molecule has 2 aromatic heterocycles. The van der Waals surface area contributed by atoms with Crippen molar-refractivity contribution in [2.24, 2.45) is 0 Å². The Morgan fingerprint density at radius 2 is 0.938 bits per heavy atom. The van der Waals surface area contributed by atoms with Crippen molar-refractivity contribution in [1.29, 1.82) is 0 Å². The molecule has 0 radical (unpaired) electrons. The van der Waals surface area contributed by atoms with Crippen LogP contribution in [0.15, 0.2) is 87.7 Å². The standard InChI is InChI=1S/C26H22N4O2/c1-26(2,3)21-14-12-18(13-15-21)23-28-30-25(32-23)20-11-7-10-19(16-20)24-29-27-22(31-24)17-8-5-4-6-9-17/h4-16H,1-3H3.